The first-order valence-electron chi connectivity index (χ1n) is 10.2. The smallest absolute Gasteiger partial charge is 0.312 e. The number of phenolic OH excluding ortho intramolecular Hbond substituents is 3. The van der Waals surface area contributed by atoms with Crippen LogP contribution in [0.4, 0.5) is 5.69 Å². The van der Waals surface area contributed by atoms with E-state index >= 15 is 0 Å². The second-order valence-corrected chi connectivity index (χ2v) is 7.89. The van der Waals surface area contributed by atoms with E-state index < -0.39 is 45.7 Å². The number of hydrogen-bond acceptors (Lipinski definition) is 11. The van der Waals surface area contributed by atoms with Crippen molar-refractivity contribution in [3.63, 3.8) is 0 Å². The number of benzene rings is 3. The Balaban J connectivity index is 1.87. The average molecular weight is 478 g/mol. The van der Waals surface area contributed by atoms with E-state index in [1.54, 1.807) is 6.07 Å². The predicted molar refractivity (Wildman–Crippen MR) is 121 cm³/mol. The van der Waals surface area contributed by atoms with Gasteiger partial charge in [0, 0.05) is 23.1 Å². The highest BCUT2D eigenvalue weighted by atomic mass is 16.8. The molecule has 0 fully saturated rings. The maximum atomic E-state index is 13.1. The van der Waals surface area contributed by atoms with Gasteiger partial charge in [0.2, 0.25) is 11.2 Å². The van der Waals surface area contributed by atoms with E-state index in [0.29, 0.717) is 0 Å². The van der Waals surface area contributed by atoms with E-state index in [4.69, 9.17) is 9.15 Å². The number of carbonyl (C=O) groups is 1. The molecule has 4 aromatic rings. The molecule has 11 nitrogen and oxygen atoms in total. The lowest BCUT2D eigenvalue weighted by Gasteiger charge is -2.31. The van der Waals surface area contributed by atoms with Gasteiger partial charge in [0.1, 0.15) is 22.5 Å². The second-order valence-electron chi connectivity index (χ2n) is 7.89. The maximum Gasteiger partial charge on any atom is 0.312 e. The van der Waals surface area contributed by atoms with Crippen LogP contribution in [0.25, 0.3) is 22.3 Å². The molecular formula is C24H16NO10-. The van der Waals surface area contributed by atoms with Crippen LogP contribution in [0.5, 0.6) is 28.7 Å². The number of ether oxygens (including phenoxy) is 1. The molecule has 0 spiro atoms. The Kier molecular flexibility index (Phi) is 5.01. The lowest BCUT2D eigenvalue weighted by atomic mass is 9.84. The topological polar surface area (TPSA) is 184 Å². The number of phenols is 3. The van der Waals surface area contributed by atoms with Crippen LogP contribution in [-0.2, 0) is 4.79 Å². The molecule has 35 heavy (non-hydrogen) atoms. The summed E-state index contributed by atoms with van der Waals surface area (Å²) in [5, 5.41) is 61.2. The van der Waals surface area contributed by atoms with Crippen LogP contribution >= 0.6 is 0 Å². The van der Waals surface area contributed by atoms with Gasteiger partial charge >= 0.3 is 5.97 Å². The minimum Gasteiger partial charge on any atom is -0.733 e. The maximum absolute atomic E-state index is 13.1. The van der Waals surface area contributed by atoms with Crippen LogP contribution in [0.3, 0.4) is 0 Å². The zero-order chi connectivity index (χ0) is 25.0. The fourth-order valence-electron chi connectivity index (χ4n) is 4.26. The summed E-state index contributed by atoms with van der Waals surface area (Å²) in [5.41, 5.74) is -1.05. The largest absolute Gasteiger partial charge is 0.733 e. The lowest BCUT2D eigenvalue weighted by Crippen LogP contribution is -2.23. The van der Waals surface area contributed by atoms with Crippen LogP contribution in [0, 0.1) is 5.21 Å². The Bertz CT molecular complexity index is 1570. The van der Waals surface area contributed by atoms with Gasteiger partial charge in [-0.05, 0) is 29.8 Å². The zero-order valence-corrected chi connectivity index (χ0v) is 17.6. The number of fused-ring (bicyclic) bond motifs is 3. The third-order valence-electron chi connectivity index (χ3n) is 5.82. The first-order chi connectivity index (χ1) is 16.7. The molecule has 1 aliphatic heterocycles. The monoisotopic (exact) mass is 478 g/mol. The molecule has 1 aromatic heterocycles. The predicted octanol–water partition coefficient (Wildman–Crippen LogP) is 3.42. The minimum atomic E-state index is -1.01. The van der Waals surface area contributed by atoms with Gasteiger partial charge in [-0.2, -0.15) is 0 Å². The Labute approximate surface area is 195 Å². The molecule has 178 valence electrons. The first-order valence-corrected chi connectivity index (χ1v) is 10.2. The Hall–Kier alpha value is -4.74. The standard InChI is InChI=1S/C24H16NO10/c26-14-6-5-10(7-15(14)27)23-22(31)21(30)20-16(28)9-17-19(24(20)35-23)12(8-18(29)34-17)11-3-1-2-4-13(11)25(32)33/h1-7,9,12,26-28,31-32H,8H2/q-1. The second kappa shape index (κ2) is 7.94. The SMILES string of the molecule is O=C1CC(c2ccccc2N([O-])O)c2c(cc(O)c3c(=O)c(O)c(-c4ccc(O)c(O)c4)oc23)O1. The summed E-state index contributed by atoms with van der Waals surface area (Å²) in [5.74, 6) is -4.65. The number of rotatable bonds is 3. The molecule has 0 amide bonds. The third kappa shape index (κ3) is 3.46. The number of nitrogens with zero attached hydrogens (tertiary/aromatic N) is 1. The fraction of sp³-hybridized carbons (Fsp3) is 0.0833. The van der Waals surface area contributed by atoms with Crippen molar-refractivity contribution >= 4 is 22.6 Å². The third-order valence-corrected chi connectivity index (χ3v) is 5.82. The normalized spacial score (nSPS) is 15.0. The molecule has 5 rings (SSSR count). The van der Waals surface area contributed by atoms with Crippen LogP contribution < -0.4 is 15.4 Å². The van der Waals surface area contributed by atoms with Crippen molar-refractivity contribution in [1.82, 2.24) is 0 Å². The van der Waals surface area contributed by atoms with Gasteiger partial charge in [-0.25, -0.2) is 0 Å². The minimum absolute atomic E-state index is 0.0275. The van der Waals surface area contributed by atoms with E-state index in [2.05, 4.69) is 0 Å². The van der Waals surface area contributed by atoms with Crippen LogP contribution in [0.15, 0.2) is 57.7 Å². The summed E-state index contributed by atoms with van der Waals surface area (Å²) in [4.78, 5) is 25.5. The quantitative estimate of drug-likeness (QED) is 0.126. The first kappa shape index (κ1) is 22.1. The van der Waals surface area contributed by atoms with E-state index in [1.165, 1.54) is 24.3 Å². The van der Waals surface area contributed by atoms with E-state index in [-0.39, 0.29) is 51.1 Å². The molecule has 0 saturated heterocycles. The number of para-hydroxylation sites is 1. The molecule has 3 aromatic carbocycles. The van der Waals surface area contributed by atoms with E-state index in [1.807, 2.05) is 0 Å². The van der Waals surface area contributed by atoms with Crippen LogP contribution in [0.2, 0.25) is 0 Å². The lowest BCUT2D eigenvalue weighted by molar-refractivity contribution is -0.135. The summed E-state index contributed by atoms with van der Waals surface area (Å²) in [7, 11) is 0. The number of esters is 1. The van der Waals surface area contributed by atoms with Gasteiger partial charge in [0.05, 0.1) is 12.1 Å². The number of anilines is 1. The molecule has 5 N–H and O–H groups in total. The summed E-state index contributed by atoms with van der Waals surface area (Å²) in [6, 6.07) is 10.4. The van der Waals surface area contributed by atoms with Crippen molar-refractivity contribution in [2.24, 2.45) is 0 Å². The highest BCUT2D eigenvalue weighted by Crippen LogP contribution is 2.48. The molecule has 11 heteroatoms. The fourth-order valence-corrected chi connectivity index (χ4v) is 4.26. The molecule has 2 heterocycles. The number of hydrogen-bond donors (Lipinski definition) is 5. The molecule has 1 aliphatic rings. The molecule has 0 saturated carbocycles. The van der Waals surface area contributed by atoms with Crippen molar-refractivity contribution < 1.29 is 39.6 Å². The van der Waals surface area contributed by atoms with Crippen LogP contribution in [0.1, 0.15) is 23.5 Å². The molecule has 1 atom stereocenters. The molecule has 0 radical (unpaired) electrons. The van der Waals surface area contributed by atoms with Crippen LogP contribution in [-0.4, -0.2) is 31.6 Å². The molecule has 0 aliphatic carbocycles. The Morgan fingerprint density at radius 3 is 2.40 bits per heavy atom. The van der Waals surface area contributed by atoms with Gasteiger partial charge < -0.3 is 40.0 Å². The van der Waals surface area contributed by atoms with Gasteiger partial charge in [-0.15, -0.1) is 0 Å². The number of carbonyl (C=O) groups excluding carboxylic acids is 1. The summed E-state index contributed by atoms with van der Waals surface area (Å²) >= 11 is 0. The van der Waals surface area contributed by atoms with Gasteiger partial charge in [0.25, 0.3) is 0 Å². The van der Waals surface area contributed by atoms with Crippen molar-refractivity contribution in [1.29, 1.82) is 0 Å². The number of aromatic hydroxyl groups is 4. The molecule has 0 bridgehead atoms. The zero-order valence-electron chi connectivity index (χ0n) is 17.6. The summed E-state index contributed by atoms with van der Waals surface area (Å²) in [6.45, 7) is 0. The van der Waals surface area contributed by atoms with Gasteiger partial charge in [0.15, 0.2) is 17.3 Å². The Morgan fingerprint density at radius 2 is 1.69 bits per heavy atom. The Morgan fingerprint density at radius 1 is 0.943 bits per heavy atom. The summed E-state index contributed by atoms with van der Waals surface area (Å²) < 4.78 is 11.1. The highest BCUT2D eigenvalue weighted by Gasteiger charge is 2.35. The average Bonchev–Trinajstić information content (AvgIpc) is 2.82. The highest BCUT2D eigenvalue weighted by molar-refractivity contribution is 5.94. The van der Waals surface area contributed by atoms with Gasteiger partial charge in [-0.1, -0.05) is 18.2 Å². The molecular weight excluding hydrogens is 462 g/mol. The van der Waals surface area contributed by atoms with Crippen molar-refractivity contribution in [3.8, 4) is 40.1 Å². The summed E-state index contributed by atoms with van der Waals surface area (Å²) in [6.07, 6.45) is -0.294. The van der Waals surface area contributed by atoms with E-state index in [0.717, 1.165) is 18.2 Å². The van der Waals surface area contributed by atoms with Crippen molar-refractivity contribution in [2.45, 2.75) is 12.3 Å². The molecule has 1 unspecified atom stereocenters. The van der Waals surface area contributed by atoms with Gasteiger partial charge in [-0.3, -0.25) is 14.8 Å². The van der Waals surface area contributed by atoms with Crippen molar-refractivity contribution in [2.75, 3.05) is 5.23 Å². The van der Waals surface area contributed by atoms with Crippen molar-refractivity contribution in [3.05, 3.63) is 75.1 Å². The van der Waals surface area contributed by atoms with E-state index in [9.17, 15) is 40.4 Å².